The first kappa shape index (κ1) is 11.2. The number of ether oxygens (including phenoxy) is 2. The van der Waals surface area contributed by atoms with Crippen molar-refractivity contribution in [3.05, 3.63) is 29.3 Å². The zero-order valence-electron chi connectivity index (χ0n) is 8.77. The van der Waals surface area contributed by atoms with E-state index in [2.05, 4.69) is 5.32 Å². The van der Waals surface area contributed by atoms with Gasteiger partial charge in [-0.25, -0.2) is 0 Å². The van der Waals surface area contributed by atoms with Gasteiger partial charge >= 0.3 is 0 Å². The topological polar surface area (TPSA) is 47.6 Å². The van der Waals surface area contributed by atoms with Crippen LogP contribution in [0.25, 0.3) is 0 Å². The lowest BCUT2D eigenvalue weighted by Gasteiger charge is -2.11. The van der Waals surface area contributed by atoms with Gasteiger partial charge in [0.2, 0.25) is 0 Å². The molecule has 0 aromatic heterocycles. The summed E-state index contributed by atoms with van der Waals surface area (Å²) in [6, 6.07) is 7.02. The standard InChI is InChI=1S/C11H12ClNO3/c1-7-11(14)13-10(16-7)6-15-9-4-2-8(12)3-5-9/h2-5,7,10H,6H2,1H3,(H,13,14)/t7-,10+/m1/s1. The van der Waals surface area contributed by atoms with Gasteiger partial charge in [-0.1, -0.05) is 11.6 Å². The molecule has 0 aliphatic carbocycles. The highest BCUT2D eigenvalue weighted by Crippen LogP contribution is 2.16. The molecule has 0 radical (unpaired) electrons. The summed E-state index contributed by atoms with van der Waals surface area (Å²) in [5.41, 5.74) is 0. The van der Waals surface area contributed by atoms with Gasteiger partial charge in [-0.2, -0.15) is 0 Å². The molecular formula is C11H12ClNO3. The van der Waals surface area contributed by atoms with E-state index in [4.69, 9.17) is 21.1 Å². The molecule has 1 aliphatic rings. The van der Waals surface area contributed by atoms with Crippen molar-refractivity contribution in [2.24, 2.45) is 0 Å². The number of hydrogen-bond acceptors (Lipinski definition) is 3. The monoisotopic (exact) mass is 241 g/mol. The third kappa shape index (κ3) is 2.65. The fraction of sp³-hybridized carbons (Fsp3) is 0.364. The molecule has 0 bridgehead atoms. The largest absolute Gasteiger partial charge is 0.489 e. The molecule has 0 spiro atoms. The summed E-state index contributed by atoms with van der Waals surface area (Å²) < 4.78 is 10.8. The molecule has 1 aromatic carbocycles. The normalized spacial score (nSPS) is 24.2. The van der Waals surface area contributed by atoms with Crippen LogP contribution in [0.15, 0.2) is 24.3 Å². The Hall–Kier alpha value is -1.26. The fourth-order valence-corrected chi connectivity index (χ4v) is 1.53. The molecule has 16 heavy (non-hydrogen) atoms. The molecule has 2 atom stereocenters. The Morgan fingerprint density at radius 3 is 2.69 bits per heavy atom. The molecule has 5 heteroatoms. The highest BCUT2D eigenvalue weighted by molar-refractivity contribution is 6.30. The van der Waals surface area contributed by atoms with Gasteiger partial charge in [-0.05, 0) is 31.2 Å². The number of rotatable bonds is 3. The van der Waals surface area contributed by atoms with E-state index in [0.29, 0.717) is 10.8 Å². The van der Waals surface area contributed by atoms with Crippen LogP contribution in [-0.2, 0) is 9.53 Å². The van der Waals surface area contributed by atoms with E-state index < -0.39 is 6.10 Å². The molecule has 1 amide bonds. The van der Waals surface area contributed by atoms with Gasteiger partial charge in [0, 0.05) is 5.02 Å². The van der Waals surface area contributed by atoms with E-state index in [1.54, 1.807) is 31.2 Å². The maximum Gasteiger partial charge on any atom is 0.251 e. The average Bonchev–Trinajstić information content (AvgIpc) is 2.58. The van der Waals surface area contributed by atoms with Crippen LogP contribution < -0.4 is 10.1 Å². The predicted molar refractivity (Wildman–Crippen MR) is 59.4 cm³/mol. The van der Waals surface area contributed by atoms with Crippen LogP contribution in [0.2, 0.25) is 5.02 Å². The van der Waals surface area contributed by atoms with Crippen LogP contribution in [-0.4, -0.2) is 24.8 Å². The molecule has 4 nitrogen and oxygen atoms in total. The molecule has 86 valence electrons. The van der Waals surface area contributed by atoms with Crippen LogP contribution in [0.4, 0.5) is 0 Å². The molecule has 1 aromatic rings. The minimum atomic E-state index is -0.404. The molecule has 1 fully saturated rings. The first-order valence-corrected chi connectivity index (χ1v) is 5.37. The third-order valence-corrected chi connectivity index (χ3v) is 2.51. The van der Waals surface area contributed by atoms with Gasteiger partial charge in [0.05, 0.1) is 0 Å². The lowest BCUT2D eigenvalue weighted by molar-refractivity contribution is -0.122. The molecule has 1 aliphatic heterocycles. The van der Waals surface area contributed by atoms with Crippen molar-refractivity contribution < 1.29 is 14.3 Å². The Labute approximate surface area is 98.5 Å². The maximum absolute atomic E-state index is 11.1. The number of hydrogen-bond donors (Lipinski definition) is 1. The first-order valence-electron chi connectivity index (χ1n) is 4.99. The van der Waals surface area contributed by atoms with E-state index >= 15 is 0 Å². The molecule has 2 rings (SSSR count). The fourth-order valence-electron chi connectivity index (χ4n) is 1.40. The second-order valence-electron chi connectivity index (χ2n) is 3.54. The van der Waals surface area contributed by atoms with Gasteiger partial charge in [0.1, 0.15) is 18.5 Å². The van der Waals surface area contributed by atoms with Crippen LogP contribution in [0.3, 0.4) is 0 Å². The molecule has 0 saturated carbocycles. The van der Waals surface area contributed by atoms with Crippen LogP contribution in [0.5, 0.6) is 5.75 Å². The quantitative estimate of drug-likeness (QED) is 0.874. The Kier molecular flexibility index (Phi) is 3.31. The minimum absolute atomic E-state index is 0.107. The van der Waals surface area contributed by atoms with Crippen molar-refractivity contribution in [3.8, 4) is 5.75 Å². The minimum Gasteiger partial charge on any atom is -0.489 e. The highest BCUT2D eigenvalue weighted by atomic mass is 35.5. The van der Waals surface area contributed by atoms with E-state index in [0.717, 1.165) is 0 Å². The molecular weight excluding hydrogens is 230 g/mol. The Morgan fingerprint density at radius 2 is 2.12 bits per heavy atom. The van der Waals surface area contributed by atoms with E-state index in [-0.39, 0.29) is 18.7 Å². The zero-order valence-corrected chi connectivity index (χ0v) is 9.53. The van der Waals surface area contributed by atoms with Crippen molar-refractivity contribution in [2.45, 2.75) is 19.3 Å². The van der Waals surface area contributed by atoms with Crippen LogP contribution in [0.1, 0.15) is 6.92 Å². The molecule has 1 heterocycles. The number of amides is 1. The summed E-state index contributed by atoms with van der Waals surface area (Å²) in [5, 5.41) is 3.33. The summed E-state index contributed by atoms with van der Waals surface area (Å²) in [6.45, 7) is 2.00. The zero-order chi connectivity index (χ0) is 11.5. The predicted octanol–water partition coefficient (Wildman–Crippen LogP) is 1.58. The summed E-state index contributed by atoms with van der Waals surface area (Å²) in [4.78, 5) is 11.1. The number of benzene rings is 1. The SMILES string of the molecule is C[C@H]1O[C@@H](COc2ccc(Cl)cc2)NC1=O. The van der Waals surface area contributed by atoms with Gasteiger partial charge < -0.3 is 14.8 Å². The summed E-state index contributed by atoms with van der Waals surface area (Å²) in [6.07, 6.45) is -0.781. The van der Waals surface area contributed by atoms with Gasteiger partial charge in [0.25, 0.3) is 5.91 Å². The first-order chi connectivity index (χ1) is 7.65. The molecule has 1 saturated heterocycles. The molecule has 1 N–H and O–H groups in total. The highest BCUT2D eigenvalue weighted by Gasteiger charge is 2.29. The summed E-state index contributed by atoms with van der Waals surface area (Å²) in [7, 11) is 0. The Bertz CT molecular complexity index is 379. The van der Waals surface area contributed by atoms with E-state index in [9.17, 15) is 4.79 Å². The lowest BCUT2D eigenvalue weighted by Crippen LogP contribution is -2.32. The van der Waals surface area contributed by atoms with Crippen LogP contribution >= 0.6 is 11.6 Å². The van der Waals surface area contributed by atoms with Crippen molar-refractivity contribution in [1.29, 1.82) is 0 Å². The number of nitrogens with one attached hydrogen (secondary N) is 1. The molecule has 0 unspecified atom stereocenters. The average molecular weight is 242 g/mol. The van der Waals surface area contributed by atoms with Crippen molar-refractivity contribution in [1.82, 2.24) is 5.32 Å². The Morgan fingerprint density at radius 1 is 1.44 bits per heavy atom. The van der Waals surface area contributed by atoms with Gasteiger partial charge in [-0.3, -0.25) is 4.79 Å². The smallest absolute Gasteiger partial charge is 0.251 e. The second-order valence-corrected chi connectivity index (χ2v) is 3.98. The number of carbonyl (C=O) groups is 1. The summed E-state index contributed by atoms with van der Waals surface area (Å²) in [5.74, 6) is 0.589. The van der Waals surface area contributed by atoms with Gasteiger partial charge in [-0.15, -0.1) is 0 Å². The van der Waals surface area contributed by atoms with Crippen molar-refractivity contribution >= 4 is 17.5 Å². The summed E-state index contributed by atoms with van der Waals surface area (Å²) >= 11 is 5.74. The maximum atomic E-state index is 11.1. The van der Waals surface area contributed by atoms with Crippen molar-refractivity contribution in [3.63, 3.8) is 0 Å². The number of carbonyl (C=O) groups excluding carboxylic acids is 1. The Balaban J connectivity index is 1.84. The lowest BCUT2D eigenvalue weighted by atomic mass is 10.3. The van der Waals surface area contributed by atoms with E-state index in [1.807, 2.05) is 0 Å². The van der Waals surface area contributed by atoms with E-state index in [1.165, 1.54) is 0 Å². The van der Waals surface area contributed by atoms with Gasteiger partial charge in [0.15, 0.2) is 6.23 Å². The number of halogens is 1. The second kappa shape index (κ2) is 4.72. The van der Waals surface area contributed by atoms with Crippen LogP contribution in [0, 0.1) is 0 Å². The van der Waals surface area contributed by atoms with Crippen molar-refractivity contribution in [2.75, 3.05) is 6.61 Å². The third-order valence-electron chi connectivity index (χ3n) is 2.26.